The minimum atomic E-state index is -1.52. The van der Waals surface area contributed by atoms with Crippen molar-refractivity contribution in [2.75, 3.05) is 6.54 Å². The van der Waals surface area contributed by atoms with E-state index in [0.717, 1.165) is 0 Å². The highest BCUT2D eigenvalue weighted by molar-refractivity contribution is 5.94. The van der Waals surface area contributed by atoms with Crippen LogP contribution < -0.4 is 33.2 Å². The summed E-state index contributed by atoms with van der Waals surface area (Å²) in [5, 5.41) is 35.3. The zero-order valence-electron chi connectivity index (χ0n) is 20.8. The molecule has 0 saturated heterocycles. The number of aliphatic hydroxyl groups excluding tert-OH is 1. The maximum absolute atomic E-state index is 12.9. The topological polar surface area (TPSA) is 273 Å². The lowest BCUT2D eigenvalue weighted by molar-refractivity contribution is -0.144. The Hall–Kier alpha value is -3.46. The monoisotopic (exact) mass is 517 g/mol. The molecule has 0 aromatic carbocycles. The molecule has 0 radical (unpaired) electrons. The lowest BCUT2D eigenvalue weighted by atomic mass is 9.98. The van der Waals surface area contributed by atoms with Crippen molar-refractivity contribution in [1.29, 1.82) is 0 Å². The molecule has 0 aromatic rings. The first-order valence-electron chi connectivity index (χ1n) is 11.6. The molecule has 0 aromatic heterocycles. The van der Waals surface area contributed by atoms with Gasteiger partial charge in [0.2, 0.25) is 17.7 Å². The average molecular weight is 518 g/mol. The minimum absolute atomic E-state index is 0.0137. The quantitative estimate of drug-likeness (QED) is 0.0539. The van der Waals surface area contributed by atoms with Crippen molar-refractivity contribution in [2.45, 2.75) is 83.1 Å². The summed E-state index contributed by atoms with van der Waals surface area (Å²) in [5.41, 5.74) is 16.2. The maximum atomic E-state index is 12.9. The summed E-state index contributed by atoms with van der Waals surface area (Å²) in [6.07, 6.45) is -1.26. The number of carbonyl (C=O) groups is 5. The SMILES string of the molecule is CCC(C)C(NC(=O)C(CCCN=C(N)N)NC(=O)C(NC(=O)C(N)CCC(=O)O)C(C)O)C(=O)O. The normalized spacial score (nSPS) is 15.8. The number of aliphatic hydroxyl groups is 1. The zero-order chi connectivity index (χ0) is 28.0. The van der Waals surface area contributed by atoms with E-state index >= 15 is 0 Å². The predicted molar refractivity (Wildman–Crippen MR) is 129 cm³/mol. The molecule has 0 heterocycles. The van der Waals surface area contributed by atoms with Crippen molar-refractivity contribution < 1.29 is 39.3 Å². The Morgan fingerprint density at radius 2 is 1.47 bits per heavy atom. The van der Waals surface area contributed by atoms with Gasteiger partial charge in [0.05, 0.1) is 12.1 Å². The van der Waals surface area contributed by atoms with Gasteiger partial charge in [-0.25, -0.2) is 4.79 Å². The smallest absolute Gasteiger partial charge is 0.326 e. The molecular weight excluding hydrogens is 478 g/mol. The van der Waals surface area contributed by atoms with Crippen LogP contribution in [0, 0.1) is 5.92 Å². The molecule has 0 bridgehead atoms. The van der Waals surface area contributed by atoms with E-state index in [1.54, 1.807) is 13.8 Å². The van der Waals surface area contributed by atoms with Crippen LogP contribution in [0.25, 0.3) is 0 Å². The molecule has 12 N–H and O–H groups in total. The van der Waals surface area contributed by atoms with Gasteiger partial charge >= 0.3 is 11.9 Å². The largest absolute Gasteiger partial charge is 0.481 e. The number of carboxylic acid groups (broad SMARTS) is 2. The van der Waals surface area contributed by atoms with Gasteiger partial charge in [-0.2, -0.15) is 0 Å². The molecule has 0 aliphatic carbocycles. The van der Waals surface area contributed by atoms with Gasteiger partial charge in [-0.1, -0.05) is 20.3 Å². The molecular formula is C21H39N7O8. The van der Waals surface area contributed by atoms with Crippen molar-refractivity contribution in [1.82, 2.24) is 16.0 Å². The summed E-state index contributed by atoms with van der Waals surface area (Å²) in [7, 11) is 0. The first-order valence-corrected chi connectivity index (χ1v) is 11.6. The van der Waals surface area contributed by atoms with Crippen molar-refractivity contribution in [3.63, 3.8) is 0 Å². The Morgan fingerprint density at radius 3 is 1.94 bits per heavy atom. The van der Waals surface area contributed by atoms with Crippen LogP contribution >= 0.6 is 0 Å². The number of nitrogens with one attached hydrogen (secondary N) is 3. The van der Waals surface area contributed by atoms with Gasteiger partial charge in [0.25, 0.3) is 0 Å². The third-order valence-electron chi connectivity index (χ3n) is 5.42. The second-order valence-electron chi connectivity index (χ2n) is 8.49. The Kier molecular flexibility index (Phi) is 14.7. The van der Waals surface area contributed by atoms with E-state index in [1.165, 1.54) is 6.92 Å². The number of hydrogen-bond acceptors (Lipinski definition) is 8. The number of carbonyl (C=O) groups excluding carboxylic acids is 3. The van der Waals surface area contributed by atoms with Crippen molar-refractivity contribution in [3.8, 4) is 0 Å². The summed E-state index contributed by atoms with van der Waals surface area (Å²) in [5.74, 6) is -5.55. The summed E-state index contributed by atoms with van der Waals surface area (Å²) in [6.45, 7) is 4.77. The van der Waals surface area contributed by atoms with Gasteiger partial charge in [0, 0.05) is 13.0 Å². The fourth-order valence-electron chi connectivity index (χ4n) is 3.05. The molecule has 0 saturated carbocycles. The van der Waals surface area contributed by atoms with Gasteiger partial charge in [-0.15, -0.1) is 0 Å². The minimum Gasteiger partial charge on any atom is -0.481 e. The molecule has 0 spiro atoms. The molecule has 0 aliphatic heterocycles. The van der Waals surface area contributed by atoms with Crippen LogP contribution in [0.15, 0.2) is 4.99 Å². The maximum Gasteiger partial charge on any atom is 0.326 e. The Bertz CT molecular complexity index is 801. The summed E-state index contributed by atoms with van der Waals surface area (Å²) >= 11 is 0. The number of rotatable bonds is 17. The van der Waals surface area contributed by atoms with E-state index in [-0.39, 0.29) is 38.2 Å². The molecule has 0 fully saturated rings. The van der Waals surface area contributed by atoms with E-state index in [1.807, 2.05) is 0 Å². The van der Waals surface area contributed by atoms with Crippen molar-refractivity contribution in [3.05, 3.63) is 0 Å². The highest BCUT2D eigenvalue weighted by Gasteiger charge is 2.33. The van der Waals surface area contributed by atoms with E-state index in [0.29, 0.717) is 6.42 Å². The van der Waals surface area contributed by atoms with Crippen LogP contribution in [0.2, 0.25) is 0 Å². The van der Waals surface area contributed by atoms with E-state index in [2.05, 4.69) is 20.9 Å². The van der Waals surface area contributed by atoms with Crippen LogP contribution in [0.1, 0.15) is 52.9 Å². The Balaban J connectivity index is 5.59. The standard InChI is InChI=1S/C21H39N7O8/c1-4-10(2)15(20(35)36)27-18(33)13(6-5-9-25-21(23)24)26-19(34)16(11(3)29)28-17(32)12(22)7-8-14(30)31/h10-13,15-16,29H,4-9,22H2,1-3H3,(H,26,34)(H,27,33)(H,28,32)(H,30,31)(H,35,36)(H4,23,24,25). The number of aliphatic imine (C=N–C) groups is 1. The number of guanidine groups is 1. The lowest BCUT2D eigenvalue weighted by Crippen LogP contribution is -2.60. The van der Waals surface area contributed by atoms with Gasteiger partial charge < -0.3 is 48.5 Å². The number of aliphatic carboxylic acids is 2. The number of amides is 3. The molecule has 6 unspecified atom stereocenters. The number of nitrogens with two attached hydrogens (primary N) is 3. The molecule has 36 heavy (non-hydrogen) atoms. The second kappa shape index (κ2) is 16.3. The zero-order valence-corrected chi connectivity index (χ0v) is 20.8. The first kappa shape index (κ1) is 32.5. The van der Waals surface area contributed by atoms with E-state index in [9.17, 15) is 34.2 Å². The van der Waals surface area contributed by atoms with Crippen LogP contribution in [0.5, 0.6) is 0 Å². The fraction of sp³-hybridized carbons (Fsp3) is 0.714. The summed E-state index contributed by atoms with van der Waals surface area (Å²) in [4.78, 5) is 64.2. The molecule has 0 rings (SSSR count). The van der Waals surface area contributed by atoms with E-state index < -0.39 is 65.8 Å². The number of hydrogen-bond donors (Lipinski definition) is 9. The van der Waals surface area contributed by atoms with Crippen molar-refractivity contribution in [2.24, 2.45) is 28.1 Å². The molecule has 15 heteroatoms. The van der Waals surface area contributed by atoms with Crippen LogP contribution in [0.3, 0.4) is 0 Å². The molecule has 6 atom stereocenters. The molecule has 0 aliphatic rings. The lowest BCUT2D eigenvalue weighted by Gasteiger charge is -2.27. The third kappa shape index (κ3) is 12.3. The Morgan fingerprint density at radius 1 is 0.889 bits per heavy atom. The summed E-state index contributed by atoms with van der Waals surface area (Å²) < 4.78 is 0. The predicted octanol–water partition coefficient (Wildman–Crippen LogP) is -2.80. The van der Waals surface area contributed by atoms with Crippen LogP contribution in [-0.4, -0.2) is 87.8 Å². The Labute approximate surface area is 209 Å². The van der Waals surface area contributed by atoms with Crippen LogP contribution in [0.4, 0.5) is 0 Å². The van der Waals surface area contributed by atoms with Crippen molar-refractivity contribution >= 4 is 35.6 Å². The average Bonchev–Trinajstić information content (AvgIpc) is 2.79. The highest BCUT2D eigenvalue weighted by atomic mass is 16.4. The van der Waals surface area contributed by atoms with Gasteiger partial charge in [-0.3, -0.25) is 24.2 Å². The van der Waals surface area contributed by atoms with Crippen LogP contribution in [-0.2, 0) is 24.0 Å². The van der Waals surface area contributed by atoms with Gasteiger partial charge in [0.15, 0.2) is 5.96 Å². The highest BCUT2D eigenvalue weighted by Crippen LogP contribution is 2.10. The first-order chi connectivity index (χ1) is 16.7. The molecule has 3 amide bonds. The van der Waals surface area contributed by atoms with Gasteiger partial charge in [-0.05, 0) is 32.1 Å². The number of nitrogens with zero attached hydrogens (tertiary/aromatic N) is 1. The third-order valence-corrected chi connectivity index (χ3v) is 5.42. The molecule has 206 valence electrons. The molecule has 15 nitrogen and oxygen atoms in total. The summed E-state index contributed by atoms with van der Waals surface area (Å²) in [6, 6.07) is -5.22. The second-order valence-corrected chi connectivity index (χ2v) is 8.49. The van der Waals surface area contributed by atoms with Gasteiger partial charge in [0.1, 0.15) is 18.1 Å². The number of carboxylic acids is 2. The van der Waals surface area contributed by atoms with E-state index in [4.69, 9.17) is 22.3 Å². The fourth-order valence-corrected chi connectivity index (χ4v) is 3.05.